The summed E-state index contributed by atoms with van der Waals surface area (Å²) < 4.78 is 57.2. The average Bonchev–Trinajstić information content (AvgIpc) is 3.25. The van der Waals surface area contributed by atoms with E-state index in [4.69, 9.17) is 4.74 Å². The number of hydrogen-bond donors (Lipinski definition) is 1. The molecule has 1 aliphatic heterocycles. The number of ether oxygens (including phenoxy) is 1. The van der Waals surface area contributed by atoms with E-state index in [0.29, 0.717) is 13.1 Å². The molecule has 2 aromatic carbocycles. The van der Waals surface area contributed by atoms with Gasteiger partial charge in [0.25, 0.3) is 5.91 Å². The molecule has 2 aromatic rings. The summed E-state index contributed by atoms with van der Waals surface area (Å²) in [6.07, 6.45) is 1.63. The minimum absolute atomic E-state index is 0.0152. The monoisotopic (exact) mass is 424 g/mol. The van der Waals surface area contributed by atoms with Crippen LogP contribution in [0, 0.1) is 11.6 Å². The van der Waals surface area contributed by atoms with Crippen molar-refractivity contribution in [1.82, 2.24) is 4.31 Å². The van der Waals surface area contributed by atoms with Crippen molar-refractivity contribution in [2.24, 2.45) is 0 Å². The van der Waals surface area contributed by atoms with Crippen LogP contribution in [0.15, 0.2) is 47.4 Å². The summed E-state index contributed by atoms with van der Waals surface area (Å²) in [6.45, 7) is 0.296. The fraction of sp³-hybridized carbons (Fsp3) is 0.263. The highest BCUT2D eigenvalue weighted by atomic mass is 32.2. The van der Waals surface area contributed by atoms with Gasteiger partial charge in [0, 0.05) is 24.8 Å². The fourth-order valence-electron chi connectivity index (χ4n) is 2.83. The van der Waals surface area contributed by atoms with Crippen LogP contribution in [0.3, 0.4) is 0 Å². The van der Waals surface area contributed by atoms with Crippen LogP contribution in [-0.2, 0) is 19.6 Å². The number of anilines is 1. The Labute approximate surface area is 166 Å². The van der Waals surface area contributed by atoms with E-state index < -0.39 is 40.1 Å². The van der Waals surface area contributed by atoms with Crippen molar-refractivity contribution in [2.45, 2.75) is 17.7 Å². The number of nitrogens with one attached hydrogen (secondary N) is 1. The van der Waals surface area contributed by atoms with Crippen molar-refractivity contribution >= 4 is 27.6 Å². The zero-order valence-electron chi connectivity index (χ0n) is 15.2. The lowest BCUT2D eigenvalue weighted by atomic mass is 10.2. The number of sulfonamides is 1. The molecule has 0 aliphatic carbocycles. The molecular weight excluding hydrogens is 406 g/mol. The second-order valence-corrected chi connectivity index (χ2v) is 8.33. The van der Waals surface area contributed by atoms with Crippen molar-refractivity contribution in [2.75, 3.05) is 25.0 Å². The molecule has 0 spiro atoms. The topological polar surface area (TPSA) is 92.8 Å². The van der Waals surface area contributed by atoms with Crippen LogP contribution in [0.2, 0.25) is 0 Å². The van der Waals surface area contributed by atoms with Crippen LogP contribution >= 0.6 is 0 Å². The summed E-state index contributed by atoms with van der Waals surface area (Å²) in [5, 5.41) is 2.27. The fourth-order valence-corrected chi connectivity index (χ4v) is 4.34. The predicted octanol–water partition coefficient (Wildman–Crippen LogP) is 2.54. The number of amides is 1. The highest BCUT2D eigenvalue weighted by molar-refractivity contribution is 7.89. The molecule has 0 atom stereocenters. The lowest BCUT2D eigenvalue weighted by Gasteiger charge is -2.15. The third-order valence-electron chi connectivity index (χ3n) is 4.33. The second kappa shape index (κ2) is 8.66. The van der Waals surface area contributed by atoms with Gasteiger partial charge < -0.3 is 10.1 Å². The number of esters is 1. The van der Waals surface area contributed by atoms with Crippen molar-refractivity contribution in [3.05, 3.63) is 59.7 Å². The first-order valence-corrected chi connectivity index (χ1v) is 10.2. The van der Waals surface area contributed by atoms with Crippen LogP contribution in [0.1, 0.15) is 23.2 Å². The first-order chi connectivity index (χ1) is 13.8. The highest BCUT2D eigenvalue weighted by Gasteiger charge is 2.27. The summed E-state index contributed by atoms with van der Waals surface area (Å²) in [5.74, 6) is -3.73. The molecule has 1 heterocycles. The number of hydrogen-bond acceptors (Lipinski definition) is 5. The Bertz CT molecular complexity index is 1020. The van der Waals surface area contributed by atoms with Crippen LogP contribution in [0.25, 0.3) is 0 Å². The summed E-state index contributed by atoms with van der Waals surface area (Å²) >= 11 is 0. The minimum atomic E-state index is -3.59. The quantitative estimate of drug-likeness (QED) is 0.720. The zero-order valence-corrected chi connectivity index (χ0v) is 16.0. The number of halogens is 2. The van der Waals surface area contributed by atoms with Crippen LogP contribution in [-0.4, -0.2) is 44.3 Å². The van der Waals surface area contributed by atoms with E-state index >= 15 is 0 Å². The molecule has 29 heavy (non-hydrogen) atoms. The predicted molar refractivity (Wildman–Crippen MR) is 99.7 cm³/mol. The first-order valence-electron chi connectivity index (χ1n) is 8.79. The van der Waals surface area contributed by atoms with E-state index in [0.717, 1.165) is 31.0 Å². The van der Waals surface area contributed by atoms with Gasteiger partial charge in [-0.3, -0.25) is 4.79 Å². The minimum Gasteiger partial charge on any atom is -0.452 e. The van der Waals surface area contributed by atoms with Crippen molar-refractivity contribution < 1.29 is 31.5 Å². The van der Waals surface area contributed by atoms with Gasteiger partial charge >= 0.3 is 5.97 Å². The summed E-state index contributed by atoms with van der Waals surface area (Å²) in [4.78, 5) is 23.9. The molecule has 0 aromatic heterocycles. The van der Waals surface area contributed by atoms with Gasteiger partial charge in [-0.1, -0.05) is 0 Å². The third-order valence-corrected chi connectivity index (χ3v) is 6.24. The Hall–Kier alpha value is -2.85. The largest absolute Gasteiger partial charge is 0.452 e. The van der Waals surface area contributed by atoms with Gasteiger partial charge in [0.1, 0.15) is 0 Å². The van der Waals surface area contributed by atoms with E-state index in [1.165, 1.54) is 28.6 Å². The van der Waals surface area contributed by atoms with Crippen molar-refractivity contribution in [1.29, 1.82) is 0 Å². The van der Waals surface area contributed by atoms with Gasteiger partial charge in [0.05, 0.1) is 10.5 Å². The summed E-state index contributed by atoms with van der Waals surface area (Å²) in [5.41, 5.74) is 0.0902. The molecule has 0 unspecified atom stereocenters. The normalized spacial score (nSPS) is 14.6. The van der Waals surface area contributed by atoms with Gasteiger partial charge in [-0.2, -0.15) is 4.31 Å². The molecule has 0 bridgehead atoms. The van der Waals surface area contributed by atoms with Crippen molar-refractivity contribution in [3.8, 4) is 0 Å². The molecule has 1 N–H and O–H groups in total. The smallest absolute Gasteiger partial charge is 0.338 e. The Morgan fingerprint density at radius 2 is 1.66 bits per heavy atom. The maximum absolute atomic E-state index is 13.1. The Kier molecular flexibility index (Phi) is 6.23. The molecule has 0 saturated carbocycles. The van der Waals surface area contributed by atoms with E-state index in [1.807, 2.05) is 0 Å². The van der Waals surface area contributed by atoms with Gasteiger partial charge in [-0.05, 0) is 49.2 Å². The molecule has 7 nitrogen and oxygen atoms in total. The van der Waals surface area contributed by atoms with E-state index in [9.17, 15) is 26.8 Å². The lowest BCUT2D eigenvalue weighted by Crippen LogP contribution is -2.27. The maximum atomic E-state index is 13.1. The van der Waals surface area contributed by atoms with Crippen LogP contribution < -0.4 is 5.32 Å². The van der Waals surface area contributed by atoms with Gasteiger partial charge in [0.15, 0.2) is 18.2 Å². The molecular formula is C19H18F2N2O5S. The van der Waals surface area contributed by atoms with Gasteiger partial charge in [-0.25, -0.2) is 22.0 Å². The standard InChI is InChI=1S/C19H18F2N2O5S/c20-16-8-5-14(11-17(16)21)22-18(24)12-28-19(25)13-3-6-15(7-4-13)29(26,27)23-9-1-2-10-23/h3-8,11H,1-2,9-10,12H2,(H,22,24). The number of carbonyl (C=O) groups excluding carboxylic acids is 2. The van der Waals surface area contributed by atoms with E-state index in [1.54, 1.807) is 0 Å². The lowest BCUT2D eigenvalue weighted by molar-refractivity contribution is -0.119. The number of rotatable bonds is 6. The van der Waals surface area contributed by atoms with Crippen molar-refractivity contribution in [3.63, 3.8) is 0 Å². The second-order valence-electron chi connectivity index (χ2n) is 6.39. The summed E-state index contributed by atoms with van der Waals surface area (Å²) in [6, 6.07) is 8.05. The SMILES string of the molecule is O=C(COC(=O)c1ccc(S(=O)(=O)N2CCCC2)cc1)Nc1ccc(F)c(F)c1. The van der Waals surface area contributed by atoms with E-state index in [2.05, 4.69) is 5.32 Å². The number of benzene rings is 2. The Balaban J connectivity index is 1.56. The maximum Gasteiger partial charge on any atom is 0.338 e. The first kappa shape index (κ1) is 20.9. The van der Waals surface area contributed by atoms with Gasteiger partial charge in [-0.15, -0.1) is 0 Å². The van der Waals surface area contributed by atoms with Crippen LogP contribution in [0.5, 0.6) is 0 Å². The number of carbonyl (C=O) groups is 2. The molecule has 3 rings (SSSR count). The Morgan fingerprint density at radius 3 is 2.28 bits per heavy atom. The molecule has 0 radical (unpaired) electrons. The molecule has 1 aliphatic rings. The highest BCUT2D eigenvalue weighted by Crippen LogP contribution is 2.21. The molecule has 10 heteroatoms. The van der Waals surface area contributed by atoms with E-state index in [-0.39, 0.29) is 16.1 Å². The molecule has 154 valence electrons. The number of nitrogens with zero attached hydrogens (tertiary/aromatic N) is 1. The molecule has 1 saturated heterocycles. The Morgan fingerprint density at radius 1 is 1.00 bits per heavy atom. The molecule has 1 amide bonds. The van der Waals surface area contributed by atoms with Crippen LogP contribution in [0.4, 0.5) is 14.5 Å². The average molecular weight is 424 g/mol. The summed E-state index contributed by atoms with van der Waals surface area (Å²) in [7, 11) is -3.59. The van der Waals surface area contributed by atoms with Gasteiger partial charge in [0.2, 0.25) is 10.0 Å². The molecule has 1 fully saturated rings. The third kappa shape index (κ3) is 4.96. The zero-order chi connectivity index (χ0) is 21.0.